The summed E-state index contributed by atoms with van der Waals surface area (Å²) in [6.45, 7) is 9.35. The van der Waals surface area contributed by atoms with Crippen molar-refractivity contribution in [3.8, 4) is 17.2 Å². The number of carbonyl (C=O) groups excluding carboxylic acids is 1. The highest BCUT2D eigenvalue weighted by Crippen LogP contribution is 2.36. The molecule has 1 N–H and O–H groups in total. The Morgan fingerprint density at radius 2 is 1.76 bits per heavy atom. The number of benzene rings is 3. The van der Waals surface area contributed by atoms with Gasteiger partial charge in [-0.1, -0.05) is 30.7 Å². The predicted molar refractivity (Wildman–Crippen MR) is 174 cm³/mol. The summed E-state index contributed by atoms with van der Waals surface area (Å²) in [6.07, 6.45) is 5.47. The molecule has 1 fully saturated rings. The van der Waals surface area contributed by atoms with Crippen LogP contribution in [0.15, 0.2) is 66.9 Å². The molecule has 1 saturated heterocycles. The highest BCUT2D eigenvalue weighted by molar-refractivity contribution is 5.98. The maximum absolute atomic E-state index is 15.0. The van der Waals surface area contributed by atoms with Gasteiger partial charge >= 0.3 is 6.09 Å². The van der Waals surface area contributed by atoms with Crippen molar-refractivity contribution in [2.45, 2.75) is 46.5 Å². The maximum Gasteiger partial charge on any atom is 0.425 e. The van der Waals surface area contributed by atoms with Crippen molar-refractivity contribution < 1.29 is 23.4 Å². The maximum atomic E-state index is 15.0. The molecule has 9 nitrogen and oxygen atoms in total. The molecule has 236 valence electrons. The lowest BCUT2D eigenvalue weighted by Gasteiger charge is -2.26. The number of halogens is 1. The molecule has 4 aromatic rings. The van der Waals surface area contributed by atoms with E-state index in [-0.39, 0.29) is 17.5 Å². The van der Waals surface area contributed by atoms with E-state index in [0.717, 1.165) is 42.7 Å². The number of aryl methyl sites for hydroxylation is 3. The lowest BCUT2D eigenvalue weighted by atomic mass is 10.1. The summed E-state index contributed by atoms with van der Waals surface area (Å²) < 4.78 is 32.2. The van der Waals surface area contributed by atoms with E-state index in [1.165, 1.54) is 43.5 Å². The molecule has 2 heterocycles. The van der Waals surface area contributed by atoms with Crippen LogP contribution in [0.3, 0.4) is 0 Å². The van der Waals surface area contributed by atoms with Gasteiger partial charge in [0.15, 0.2) is 11.6 Å². The van der Waals surface area contributed by atoms with Crippen molar-refractivity contribution in [2.75, 3.05) is 43.6 Å². The monoisotopic (exact) mass is 613 g/mol. The summed E-state index contributed by atoms with van der Waals surface area (Å²) in [7, 11) is 1.54. The van der Waals surface area contributed by atoms with Gasteiger partial charge in [-0.25, -0.2) is 19.1 Å². The van der Waals surface area contributed by atoms with E-state index in [9.17, 15) is 9.18 Å². The molecule has 1 aromatic heterocycles. The number of anilines is 4. The van der Waals surface area contributed by atoms with E-state index in [1.54, 1.807) is 24.3 Å². The number of piperidine rings is 1. The minimum absolute atomic E-state index is 0.165. The number of para-hydroxylation sites is 1. The second-order valence-electron chi connectivity index (χ2n) is 11.2. The van der Waals surface area contributed by atoms with Gasteiger partial charge < -0.3 is 24.4 Å². The number of likely N-dealkylation sites (tertiary alicyclic amines) is 1. The molecule has 0 bridgehead atoms. The number of amides is 1. The first kappa shape index (κ1) is 31.7. The zero-order valence-electron chi connectivity index (χ0n) is 26.3. The first-order chi connectivity index (χ1) is 21.8. The minimum Gasteiger partial charge on any atom is -0.495 e. The highest BCUT2D eigenvalue weighted by Gasteiger charge is 2.26. The van der Waals surface area contributed by atoms with Gasteiger partial charge in [-0.15, -0.1) is 0 Å². The summed E-state index contributed by atoms with van der Waals surface area (Å²) in [5, 5.41) is 3.04. The zero-order valence-corrected chi connectivity index (χ0v) is 26.3. The average molecular weight is 614 g/mol. The van der Waals surface area contributed by atoms with E-state index in [1.807, 2.05) is 51.1 Å². The summed E-state index contributed by atoms with van der Waals surface area (Å²) in [4.78, 5) is 26.5. The summed E-state index contributed by atoms with van der Waals surface area (Å²) in [5.41, 5.74) is 3.47. The van der Waals surface area contributed by atoms with Crippen LogP contribution in [0.4, 0.5) is 32.3 Å². The Balaban J connectivity index is 1.34. The number of methoxy groups -OCH3 is 1. The molecule has 1 aliphatic rings. The molecule has 1 aliphatic heterocycles. The van der Waals surface area contributed by atoms with Crippen LogP contribution >= 0.6 is 0 Å². The fourth-order valence-corrected chi connectivity index (χ4v) is 5.39. The van der Waals surface area contributed by atoms with Crippen LogP contribution in [0, 0.1) is 26.6 Å². The van der Waals surface area contributed by atoms with E-state index in [4.69, 9.17) is 14.2 Å². The van der Waals surface area contributed by atoms with Crippen LogP contribution in [-0.2, 0) is 0 Å². The van der Waals surface area contributed by atoms with Crippen LogP contribution in [0.25, 0.3) is 0 Å². The van der Waals surface area contributed by atoms with E-state index >= 15 is 0 Å². The van der Waals surface area contributed by atoms with Gasteiger partial charge in [-0.05, 0) is 94.1 Å². The van der Waals surface area contributed by atoms with Gasteiger partial charge in [0.05, 0.1) is 19.4 Å². The molecule has 0 spiro atoms. The van der Waals surface area contributed by atoms with E-state index in [2.05, 4.69) is 20.2 Å². The largest absolute Gasteiger partial charge is 0.495 e. The first-order valence-electron chi connectivity index (χ1n) is 15.3. The summed E-state index contributed by atoms with van der Waals surface area (Å²) in [5.74, 6) is 1.04. The third-order valence-corrected chi connectivity index (χ3v) is 7.74. The Bertz CT molecular complexity index is 1610. The molecule has 0 radical (unpaired) electrons. The molecule has 3 aromatic carbocycles. The molecule has 0 aliphatic carbocycles. The van der Waals surface area contributed by atoms with E-state index < -0.39 is 11.9 Å². The van der Waals surface area contributed by atoms with Gasteiger partial charge in [0.2, 0.25) is 5.95 Å². The van der Waals surface area contributed by atoms with Crippen molar-refractivity contribution in [3.05, 3.63) is 89.4 Å². The highest BCUT2D eigenvalue weighted by atomic mass is 19.1. The van der Waals surface area contributed by atoms with Gasteiger partial charge in [0.25, 0.3) is 0 Å². The van der Waals surface area contributed by atoms with Gasteiger partial charge in [0, 0.05) is 30.6 Å². The normalized spacial score (nSPS) is 13.3. The van der Waals surface area contributed by atoms with Crippen molar-refractivity contribution in [1.29, 1.82) is 0 Å². The van der Waals surface area contributed by atoms with Crippen LogP contribution < -0.4 is 24.4 Å². The van der Waals surface area contributed by atoms with Gasteiger partial charge in [0.1, 0.15) is 17.3 Å². The number of nitrogens with zero attached hydrogens (tertiary/aromatic N) is 4. The SMILES string of the molecule is COc1cc(C)ccc1N(C(=O)Oc1c(C)cccc1C)c1ccnc(Nc2ccc(OCCCN3CCCCC3)c(F)c2)n1. The predicted octanol–water partition coefficient (Wildman–Crippen LogP) is 7.89. The second kappa shape index (κ2) is 14.9. The topological polar surface area (TPSA) is 89.0 Å². The Morgan fingerprint density at radius 3 is 2.49 bits per heavy atom. The standard InChI is InChI=1S/C35H40FN5O4/c1-24-12-14-29(31(22-24)43-4)41(35(42)45-33-25(2)10-8-11-26(33)3)32-16-17-37-34(39-32)38-27-13-15-30(28(36)23-27)44-21-9-20-40-18-6-5-7-19-40/h8,10-17,22-23H,5-7,9,18-21H2,1-4H3,(H,37,38,39). The number of ether oxygens (including phenoxy) is 3. The lowest BCUT2D eigenvalue weighted by molar-refractivity contribution is 0.203. The molecule has 45 heavy (non-hydrogen) atoms. The molecule has 5 rings (SSSR count). The number of aromatic nitrogens is 2. The molecule has 1 amide bonds. The van der Waals surface area contributed by atoms with Crippen LogP contribution in [-0.4, -0.2) is 54.3 Å². The van der Waals surface area contributed by atoms with Crippen LogP contribution in [0.1, 0.15) is 42.4 Å². The second-order valence-corrected chi connectivity index (χ2v) is 11.2. The zero-order chi connectivity index (χ0) is 31.8. The molecule has 0 unspecified atom stereocenters. The van der Waals surface area contributed by atoms with Gasteiger partial charge in [-0.3, -0.25) is 0 Å². The number of rotatable bonds is 11. The van der Waals surface area contributed by atoms with Gasteiger partial charge in [-0.2, -0.15) is 4.98 Å². The molecule has 0 saturated carbocycles. The van der Waals surface area contributed by atoms with Crippen LogP contribution in [0.2, 0.25) is 0 Å². The van der Waals surface area contributed by atoms with Crippen LogP contribution in [0.5, 0.6) is 17.2 Å². The van der Waals surface area contributed by atoms with Crippen molar-refractivity contribution in [3.63, 3.8) is 0 Å². The number of hydrogen-bond acceptors (Lipinski definition) is 8. The third kappa shape index (κ3) is 8.07. The van der Waals surface area contributed by atoms with Crippen molar-refractivity contribution in [2.24, 2.45) is 0 Å². The number of hydrogen-bond donors (Lipinski definition) is 1. The van der Waals surface area contributed by atoms with Crippen molar-refractivity contribution in [1.82, 2.24) is 14.9 Å². The Morgan fingerprint density at radius 1 is 0.978 bits per heavy atom. The quantitative estimate of drug-likeness (QED) is 0.171. The Kier molecular flexibility index (Phi) is 10.5. The number of nitrogens with one attached hydrogen (secondary N) is 1. The summed E-state index contributed by atoms with van der Waals surface area (Å²) >= 11 is 0. The smallest absolute Gasteiger partial charge is 0.425 e. The average Bonchev–Trinajstić information content (AvgIpc) is 3.03. The molecular weight excluding hydrogens is 573 g/mol. The fourth-order valence-electron chi connectivity index (χ4n) is 5.39. The Labute approximate surface area is 264 Å². The molecule has 0 atom stereocenters. The minimum atomic E-state index is -0.674. The first-order valence-corrected chi connectivity index (χ1v) is 15.3. The third-order valence-electron chi connectivity index (χ3n) is 7.74. The molecule has 10 heteroatoms. The summed E-state index contributed by atoms with van der Waals surface area (Å²) in [6, 6.07) is 17.4. The Hall–Kier alpha value is -4.70. The lowest BCUT2D eigenvalue weighted by Crippen LogP contribution is -2.31. The molecular formula is C35H40FN5O4. The van der Waals surface area contributed by atoms with Crippen molar-refractivity contribution >= 4 is 29.2 Å². The fraction of sp³-hybridized carbons (Fsp3) is 0.343. The number of carbonyl (C=O) groups is 1. The van der Waals surface area contributed by atoms with E-state index in [0.29, 0.717) is 29.5 Å².